The Labute approximate surface area is 121 Å². The second-order valence-corrected chi connectivity index (χ2v) is 6.20. The monoisotopic (exact) mass is 284 g/mol. The predicted molar refractivity (Wildman–Crippen MR) is 78.6 cm³/mol. The zero-order valence-corrected chi connectivity index (χ0v) is 13.3. The molecule has 1 atom stereocenters. The Balaban J connectivity index is 2.86. The molecule has 116 valence electrons. The zero-order valence-electron chi connectivity index (χ0n) is 13.3. The van der Waals surface area contributed by atoms with E-state index in [1.807, 2.05) is 44.4 Å². The smallest absolute Gasteiger partial charge is 0.324 e. The van der Waals surface area contributed by atoms with Crippen LogP contribution in [0.4, 0.5) is 0 Å². The van der Waals surface area contributed by atoms with Crippen LogP contribution in [0.1, 0.15) is 53.9 Å². The van der Waals surface area contributed by atoms with Gasteiger partial charge in [-0.05, 0) is 53.5 Å². The molecule has 0 bridgehead atoms. The number of carbonyl (C=O) groups is 2. The number of carboxylic acid groups (broad SMARTS) is 1. The average Bonchev–Trinajstić information content (AvgIpc) is 2.71. The van der Waals surface area contributed by atoms with E-state index < -0.39 is 11.5 Å². The number of rotatable bonds is 6. The summed E-state index contributed by atoms with van der Waals surface area (Å²) in [6, 6.07) is 0.261. The molecule has 1 rings (SSSR count). The topological polar surface area (TPSA) is 60.9 Å². The molecule has 1 aliphatic heterocycles. The number of carboxylic acids is 1. The summed E-state index contributed by atoms with van der Waals surface area (Å²) in [5, 5.41) is 9.54. The molecular weight excluding hydrogens is 256 g/mol. The van der Waals surface area contributed by atoms with Crippen molar-refractivity contribution >= 4 is 11.9 Å². The summed E-state index contributed by atoms with van der Waals surface area (Å²) >= 11 is 0. The van der Waals surface area contributed by atoms with E-state index in [9.17, 15) is 14.7 Å². The van der Waals surface area contributed by atoms with E-state index in [1.54, 1.807) is 0 Å². The lowest BCUT2D eigenvalue weighted by molar-refractivity contribution is -0.152. The van der Waals surface area contributed by atoms with Crippen LogP contribution < -0.4 is 0 Å². The zero-order chi connectivity index (χ0) is 15.5. The van der Waals surface area contributed by atoms with Crippen LogP contribution in [-0.2, 0) is 9.59 Å². The van der Waals surface area contributed by atoms with Gasteiger partial charge >= 0.3 is 5.97 Å². The maximum absolute atomic E-state index is 12.5. The van der Waals surface area contributed by atoms with Crippen LogP contribution in [-0.4, -0.2) is 57.5 Å². The minimum atomic E-state index is -0.852. The molecule has 0 aliphatic carbocycles. The molecule has 1 unspecified atom stereocenters. The van der Waals surface area contributed by atoms with Gasteiger partial charge in [0.1, 0.15) is 5.54 Å². The van der Waals surface area contributed by atoms with Crippen molar-refractivity contribution in [2.45, 2.75) is 71.5 Å². The van der Waals surface area contributed by atoms with Gasteiger partial charge in [-0.25, -0.2) is 0 Å². The summed E-state index contributed by atoms with van der Waals surface area (Å²) in [5.41, 5.74) is -0.852. The van der Waals surface area contributed by atoms with Gasteiger partial charge in [0.05, 0.1) is 6.54 Å². The van der Waals surface area contributed by atoms with Crippen LogP contribution in [0.3, 0.4) is 0 Å². The Kier molecular flexibility index (Phi) is 5.57. The molecule has 1 fully saturated rings. The number of amides is 1. The highest BCUT2D eigenvalue weighted by Crippen LogP contribution is 2.32. The van der Waals surface area contributed by atoms with Crippen molar-refractivity contribution in [3.05, 3.63) is 0 Å². The van der Waals surface area contributed by atoms with E-state index in [0.717, 1.165) is 6.42 Å². The van der Waals surface area contributed by atoms with E-state index in [2.05, 4.69) is 0 Å². The van der Waals surface area contributed by atoms with Gasteiger partial charge in [-0.15, -0.1) is 0 Å². The molecule has 0 saturated carbocycles. The van der Waals surface area contributed by atoms with E-state index in [-0.39, 0.29) is 24.5 Å². The fourth-order valence-corrected chi connectivity index (χ4v) is 3.38. The fourth-order valence-electron chi connectivity index (χ4n) is 3.38. The lowest BCUT2D eigenvalue weighted by atomic mass is 9.93. The van der Waals surface area contributed by atoms with Crippen molar-refractivity contribution in [1.82, 2.24) is 9.80 Å². The molecule has 20 heavy (non-hydrogen) atoms. The van der Waals surface area contributed by atoms with E-state index >= 15 is 0 Å². The summed E-state index contributed by atoms with van der Waals surface area (Å²) in [6.45, 7) is 10.8. The Morgan fingerprint density at radius 1 is 1.25 bits per heavy atom. The molecule has 1 N–H and O–H groups in total. The third-order valence-electron chi connectivity index (χ3n) is 4.33. The number of nitrogens with zero attached hydrogens (tertiary/aromatic N) is 2. The molecule has 0 aromatic rings. The highest BCUT2D eigenvalue weighted by atomic mass is 16.4. The van der Waals surface area contributed by atoms with Gasteiger partial charge in [-0.1, -0.05) is 6.92 Å². The quantitative estimate of drug-likeness (QED) is 0.810. The second kappa shape index (κ2) is 6.57. The van der Waals surface area contributed by atoms with E-state index in [4.69, 9.17) is 0 Å². The van der Waals surface area contributed by atoms with Crippen LogP contribution in [0.25, 0.3) is 0 Å². The van der Waals surface area contributed by atoms with Crippen LogP contribution in [0, 0.1) is 0 Å². The molecule has 0 aromatic heterocycles. The predicted octanol–water partition coefficient (Wildman–Crippen LogP) is 1.96. The molecule has 0 spiro atoms. The lowest BCUT2D eigenvalue weighted by Gasteiger charge is -2.37. The Hall–Kier alpha value is -1.10. The maximum Gasteiger partial charge on any atom is 0.324 e. The second-order valence-electron chi connectivity index (χ2n) is 6.20. The first kappa shape index (κ1) is 17.0. The number of aliphatic carboxylic acids is 1. The van der Waals surface area contributed by atoms with Crippen molar-refractivity contribution in [3.8, 4) is 0 Å². The Bertz CT molecular complexity index is 360. The third-order valence-corrected chi connectivity index (χ3v) is 4.33. The van der Waals surface area contributed by atoms with Gasteiger partial charge in [0, 0.05) is 12.1 Å². The van der Waals surface area contributed by atoms with Crippen molar-refractivity contribution in [3.63, 3.8) is 0 Å². The fraction of sp³-hybridized carbons (Fsp3) is 0.867. The highest BCUT2D eigenvalue weighted by Gasteiger charge is 2.47. The van der Waals surface area contributed by atoms with Crippen LogP contribution >= 0.6 is 0 Å². The van der Waals surface area contributed by atoms with Crippen LogP contribution in [0.2, 0.25) is 0 Å². The molecule has 1 aliphatic rings. The van der Waals surface area contributed by atoms with Gasteiger partial charge in [-0.3, -0.25) is 14.5 Å². The largest absolute Gasteiger partial charge is 0.480 e. The SMILES string of the molecule is CCC1(C(=O)O)CCCN1CC(=O)N(C(C)C)C(C)C. The first-order valence-corrected chi connectivity index (χ1v) is 7.56. The molecule has 1 heterocycles. The average molecular weight is 284 g/mol. The van der Waals surface area contributed by atoms with Crippen molar-refractivity contribution in [2.75, 3.05) is 13.1 Å². The minimum absolute atomic E-state index is 0.0241. The molecule has 5 nitrogen and oxygen atoms in total. The number of likely N-dealkylation sites (tertiary alicyclic amines) is 1. The van der Waals surface area contributed by atoms with E-state index in [0.29, 0.717) is 19.4 Å². The number of hydrogen-bond donors (Lipinski definition) is 1. The molecule has 1 saturated heterocycles. The Morgan fingerprint density at radius 3 is 2.20 bits per heavy atom. The summed E-state index contributed by atoms with van der Waals surface area (Å²) < 4.78 is 0. The molecule has 0 aromatic carbocycles. The van der Waals surface area contributed by atoms with Crippen LogP contribution in [0.5, 0.6) is 0 Å². The van der Waals surface area contributed by atoms with Crippen molar-refractivity contribution < 1.29 is 14.7 Å². The summed E-state index contributed by atoms with van der Waals surface area (Å²) in [4.78, 5) is 27.8. The highest BCUT2D eigenvalue weighted by molar-refractivity contribution is 5.83. The summed E-state index contributed by atoms with van der Waals surface area (Å²) in [6.07, 6.45) is 2.02. The van der Waals surface area contributed by atoms with E-state index in [1.165, 1.54) is 0 Å². The van der Waals surface area contributed by atoms with Gasteiger partial charge in [0.15, 0.2) is 0 Å². The first-order valence-electron chi connectivity index (χ1n) is 7.56. The van der Waals surface area contributed by atoms with Gasteiger partial charge in [-0.2, -0.15) is 0 Å². The third kappa shape index (κ3) is 3.14. The number of carbonyl (C=O) groups excluding carboxylic acids is 1. The standard InChI is InChI=1S/C15H28N2O3/c1-6-15(14(19)20)8-7-9-16(15)10-13(18)17(11(2)3)12(4)5/h11-12H,6-10H2,1-5H3,(H,19,20). The molecule has 5 heteroatoms. The van der Waals surface area contributed by atoms with Crippen LogP contribution in [0.15, 0.2) is 0 Å². The Morgan fingerprint density at radius 2 is 1.80 bits per heavy atom. The van der Waals surface area contributed by atoms with Crippen molar-refractivity contribution in [1.29, 1.82) is 0 Å². The summed E-state index contributed by atoms with van der Waals surface area (Å²) in [7, 11) is 0. The first-order chi connectivity index (χ1) is 9.26. The van der Waals surface area contributed by atoms with Gasteiger partial charge < -0.3 is 10.0 Å². The number of hydrogen-bond acceptors (Lipinski definition) is 3. The lowest BCUT2D eigenvalue weighted by Crippen LogP contribution is -2.55. The van der Waals surface area contributed by atoms with Gasteiger partial charge in [0.2, 0.25) is 5.91 Å². The molecule has 1 amide bonds. The van der Waals surface area contributed by atoms with Gasteiger partial charge in [0.25, 0.3) is 0 Å². The summed E-state index contributed by atoms with van der Waals surface area (Å²) in [5.74, 6) is -0.776. The van der Waals surface area contributed by atoms with Crippen molar-refractivity contribution in [2.24, 2.45) is 0 Å². The molecular formula is C15H28N2O3. The minimum Gasteiger partial charge on any atom is -0.480 e. The maximum atomic E-state index is 12.5. The molecule has 0 radical (unpaired) electrons. The normalized spacial score (nSPS) is 23.6.